The lowest BCUT2D eigenvalue weighted by molar-refractivity contribution is 0.356. The monoisotopic (exact) mass is 334 g/mol. The van der Waals surface area contributed by atoms with Crippen molar-refractivity contribution in [1.82, 2.24) is 15.6 Å². The molecule has 1 radical (unpaired) electrons. The third-order valence-electron chi connectivity index (χ3n) is 4.87. The molecule has 1 aromatic heterocycles. The Hall–Kier alpha value is -2.30. The SMILES string of the molecule is Fc1cccc(C(Cc2ccc3cccnc3c2)C2CNCC[N]2)c1. The fraction of sp³-hybridized carbons (Fsp3) is 0.286. The van der Waals surface area contributed by atoms with Crippen LogP contribution in [0.5, 0.6) is 0 Å². The highest BCUT2D eigenvalue weighted by Crippen LogP contribution is 2.27. The third-order valence-corrected chi connectivity index (χ3v) is 4.87. The fourth-order valence-electron chi connectivity index (χ4n) is 3.60. The van der Waals surface area contributed by atoms with Crippen molar-refractivity contribution in [3.63, 3.8) is 0 Å². The minimum atomic E-state index is -0.188. The van der Waals surface area contributed by atoms with Gasteiger partial charge in [0, 0.05) is 43.2 Å². The summed E-state index contributed by atoms with van der Waals surface area (Å²) in [5, 5.41) is 9.35. The van der Waals surface area contributed by atoms with Gasteiger partial charge in [-0.2, -0.15) is 0 Å². The molecule has 1 fully saturated rings. The maximum absolute atomic E-state index is 13.8. The lowest BCUT2D eigenvalue weighted by Gasteiger charge is -2.31. The highest BCUT2D eigenvalue weighted by atomic mass is 19.1. The fourth-order valence-corrected chi connectivity index (χ4v) is 3.60. The van der Waals surface area contributed by atoms with Crippen LogP contribution in [0.15, 0.2) is 60.8 Å². The summed E-state index contributed by atoms with van der Waals surface area (Å²) in [6, 6.07) is 17.5. The van der Waals surface area contributed by atoms with Gasteiger partial charge in [-0.3, -0.25) is 4.98 Å². The van der Waals surface area contributed by atoms with Crippen LogP contribution >= 0.6 is 0 Å². The van der Waals surface area contributed by atoms with E-state index in [-0.39, 0.29) is 17.8 Å². The number of rotatable bonds is 4. The van der Waals surface area contributed by atoms with Crippen molar-refractivity contribution >= 4 is 10.9 Å². The van der Waals surface area contributed by atoms with E-state index >= 15 is 0 Å². The topological polar surface area (TPSA) is 39.0 Å². The summed E-state index contributed by atoms with van der Waals surface area (Å²) in [6.07, 6.45) is 2.64. The van der Waals surface area contributed by atoms with Gasteiger partial charge in [-0.1, -0.05) is 30.3 Å². The number of nitrogens with one attached hydrogen (secondary N) is 1. The van der Waals surface area contributed by atoms with E-state index < -0.39 is 0 Å². The first kappa shape index (κ1) is 16.2. The standard InChI is InChI=1S/C21H21FN3/c22-18-5-1-3-17(13-18)19(21-14-23-9-10-25-21)11-15-6-7-16-4-2-8-24-20(16)12-15/h1-8,12-13,19,21,23H,9-11,14H2. The van der Waals surface area contributed by atoms with Gasteiger partial charge >= 0.3 is 0 Å². The van der Waals surface area contributed by atoms with Gasteiger partial charge in [0.15, 0.2) is 0 Å². The average Bonchev–Trinajstić information content (AvgIpc) is 2.66. The van der Waals surface area contributed by atoms with Gasteiger partial charge in [-0.25, -0.2) is 9.71 Å². The summed E-state index contributed by atoms with van der Waals surface area (Å²) in [7, 11) is 0. The zero-order valence-electron chi connectivity index (χ0n) is 14.0. The molecule has 2 aromatic carbocycles. The van der Waals surface area contributed by atoms with Crippen LogP contribution in [0, 0.1) is 5.82 Å². The van der Waals surface area contributed by atoms with Crippen molar-refractivity contribution in [2.24, 2.45) is 0 Å². The largest absolute Gasteiger partial charge is 0.314 e. The molecule has 2 atom stereocenters. The van der Waals surface area contributed by atoms with Crippen LogP contribution in [-0.2, 0) is 6.42 Å². The zero-order chi connectivity index (χ0) is 17.1. The highest BCUT2D eigenvalue weighted by molar-refractivity contribution is 5.78. The maximum Gasteiger partial charge on any atom is 0.123 e. The first-order chi connectivity index (χ1) is 12.3. The first-order valence-electron chi connectivity index (χ1n) is 8.76. The number of hydrogen-bond donors (Lipinski definition) is 1. The normalized spacial score (nSPS) is 19.0. The number of aromatic nitrogens is 1. The number of halogens is 1. The van der Waals surface area contributed by atoms with Crippen LogP contribution in [-0.4, -0.2) is 30.7 Å². The van der Waals surface area contributed by atoms with Crippen molar-refractivity contribution in [1.29, 1.82) is 0 Å². The number of fused-ring (bicyclic) bond motifs is 1. The van der Waals surface area contributed by atoms with E-state index in [0.29, 0.717) is 0 Å². The molecule has 127 valence electrons. The summed E-state index contributed by atoms with van der Waals surface area (Å²) >= 11 is 0. The highest BCUT2D eigenvalue weighted by Gasteiger charge is 2.26. The minimum absolute atomic E-state index is 0.157. The van der Waals surface area contributed by atoms with Gasteiger partial charge in [0.2, 0.25) is 0 Å². The summed E-state index contributed by atoms with van der Waals surface area (Å²) in [4.78, 5) is 4.45. The Labute approximate surface area is 147 Å². The minimum Gasteiger partial charge on any atom is -0.314 e. The Morgan fingerprint density at radius 3 is 2.92 bits per heavy atom. The van der Waals surface area contributed by atoms with Gasteiger partial charge < -0.3 is 5.32 Å². The molecular formula is C21H21FN3. The predicted octanol–water partition coefficient (Wildman–Crippen LogP) is 3.28. The third kappa shape index (κ3) is 3.70. The van der Waals surface area contributed by atoms with Gasteiger partial charge in [0.1, 0.15) is 5.82 Å². The molecule has 25 heavy (non-hydrogen) atoms. The molecule has 4 heteroatoms. The Morgan fingerprint density at radius 2 is 2.08 bits per heavy atom. The van der Waals surface area contributed by atoms with E-state index in [1.54, 1.807) is 12.1 Å². The molecule has 0 spiro atoms. The molecule has 3 aromatic rings. The second kappa shape index (κ2) is 7.30. The maximum atomic E-state index is 13.8. The molecule has 4 rings (SSSR count). The van der Waals surface area contributed by atoms with E-state index in [4.69, 9.17) is 5.32 Å². The first-order valence-corrected chi connectivity index (χ1v) is 8.76. The van der Waals surface area contributed by atoms with E-state index in [1.807, 2.05) is 18.3 Å². The molecule has 2 heterocycles. The molecule has 0 bridgehead atoms. The molecule has 1 aliphatic heterocycles. The smallest absolute Gasteiger partial charge is 0.123 e. The van der Waals surface area contributed by atoms with Crippen LogP contribution in [0.4, 0.5) is 4.39 Å². The Kier molecular flexibility index (Phi) is 4.72. The van der Waals surface area contributed by atoms with Gasteiger partial charge in [0.05, 0.1) is 5.52 Å². The van der Waals surface area contributed by atoms with Crippen molar-refractivity contribution in [2.75, 3.05) is 19.6 Å². The Morgan fingerprint density at radius 1 is 1.12 bits per heavy atom. The number of piperazine rings is 1. The predicted molar refractivity (Wildman–Crippen MR) is 98.2 cm³/mol. The lowest BCUT2D eigenvalue weighted by atomic mass is 9.85. The Balaban J connectivity index is 1.66. The van der Waals surface area contributed by atoms with Crippen molar-refractivity contribution in [3.05, 3.63) is 77.7 Å². The van der Waals surface area contributed by atoms with Crippen LogP contribution in [0.25, 0.3) is 10.9 Å². The molecule has 0 saturated carbocycles. The van der Waals surface area contributed by atoms with Crippen LogP contribution in [0.1, 0.15) is 17.0 Å². The summed E-state index contributed by atoms with van der Waals surface area (Å²) in [6.45, 7) is 2.58. The average molecular weight is 334 g/mol. The van der Waals surface area contributed by atoms with Crippen LogP contribution < -0.4 is 10.6 Å². The molecular weight excluding hydrogens is 313 g/mol. The zero-order valence-corrected chi connectivity index (χ0v) is 14.0. The van der Waals surface area contributed by atoms with Crippen molar-refractivity contribution in [3.8, 4) is 0 Å². The number of nitrogens with zero attached hydrogens (tertiary/aromatic N) is 2. The van der Waals surface area contributed by atoms with E-state index in [1.165, 1.54) is 11.6 Å². The lowest BCUT2D eigenvalue weighted by Crippen LogP contribution is -2.47. The Bertz CT molecular complexity index is 858. The summed E-state index contributed by atoms with van der Waals surface area (Å²) in [5.41, 5.74) is 3.22. The van der Waals surface area contributed by atoms with Crippen molar-refractivity contribution < 1.29 is 4.39 Å². The summed E-state index contributed by atoms with van der Waals surface area (Å²) < 4.78 is 13.8. The van der Waals surface area contributed by atoms with Gasteiger partial charge in [0.25, 0.3) is 0 Å². The molecule has 1 saturated heterocycles. The van der Waals surface area contributed by atoms with E-state index in [2.05, 4.69) is 34.6 Å². The quantitative estimate of drug-likeness (QED) is 0.795. The molecule has 3 nitrogen and oxygen atoms in total. The van der Waals surface area contributed by atoms with Crippen LogP contribution in [0.3, 0.4) is 0 Å². The molecule has 2 unspecified atom stereocenters. The van der Waals surface area contributed by atoms with Gasteiger partial charge in [-0.05, 0) is 41.8 Å². The van der Waals surface area contributed by atoms with Crippen LogP contribution in [0.2, 0.25) is 0 Å². The van der Waals surface area contributed by atoms with E-state index in [9.17, 15) is 4.39 Å². The van der Waals surface area contributed by atoms with Crippen molar-refractivity contribution in [2.45, 2.75) is 18.4 Å². The second-order valence-electron chi connectivity index (χ2n) is 6.57. The van der Waals surface area contributed by atoms with Gasteiger partial charge in [-0.15, -0.1) is 0 Å². The number of benzene rings is 2. The molecule has 0 aliphatic carbocycles. The summed E-state index contributed by atoms with van der Waals surface area (Å²) in [5.74, 6) is -0.0314. The molecule has 1 N–H and O–H groups in total. The van der Waals surface area contributed by atoms with E-state index in [0.717, 1.165) is 42.5 Å². The second-order valence-corrected chi connectivity index (χ2v) is 6.57. The number of pyridine rings is 1. The molecule has 1 aliphatic rings. The molecule has 0 amide bonds. The number of hydrogen-bond acceptors (Lipinski definition) is 2.